The van der Waals surface area contributed by atoms with E-state index in [1.807, 2.05) is 6.07 Å². The van der Waals surface area contributed by atoms with Gasteiger partial charge < -0.3 is 29.9 Å². The Balaban J connectivity index is 1.59. The molecule has 6 nitrogen and oxygen atoms in total. The van der Waals surface area contributed by atoms with E-state index in [0.717, 1.165) is 16.7 Å². The standard InChI is InChI=1S/C22H23F3O6/c23-21(24,25)9-13-3-1-12(2-4-13)7-14-5-6-15-11-30-22(16(15)8-14)20(29)19(28)18(27)17(10-26)31-22/h1-6,8,17-20,26-29H,7,9-11H2/t17-,18-,19+,20-,22+/m1/s1. The van der Waals surface area contributed by atoms with Crippen LogP contribution in [0.3, 0.4) is 0 Å². The molecule has 0 bridgehead atoms. The van der Waals surface area contributed by atoms with E-state index < -0.39 is 49.4 Å². The van der Waals surface area contributed by atoms with Gasteiger partial charge in [0.15, 0.2) is 0 Å². The molecule has 2 aliphatic rings. The van der Waals surface area contributed by atoms with Crippen molar-refractivity contribution < 1.29 is 43.1 Å². The first-order chi connectivity index (χ1) is 14.6. The smallest absolute Gasteiger partial charge is 0.393 e. The maximum atomic E-state index is 12.5. The second-order valence-electron chi connectivity index (χ2n) is 8.00. The molecular weight excluding hydrogens is 417 g/mol. The molecule has 5 atom stereocenters. The summed E-state index contributed by atoms with van der Waals surface area (Å²) in [7, 11) is 0. The van der Waals surface area contributed by atoms with Gasteiger partial charge in [0.05, 0.1) is 19.6 Å². The van der Waals surface area contributed by atoms with E-state index >= 15 is 0 Å². The fourth-order valence-corrected chi connectivity index (χ4v) is 4.17. The first-order valence-corrected chi connectivity index (χ1v) is 9.86. The number of benzene rings is 2. The molecule has 2 aliphatic heterocycles. The fourth-order valence-electron chi connectivity index (χ4n) is 4.17. The minimum Gasteiger partial charge on any atom is -0.394 e. The number of alkyl halides is 3. The number of aliphatic hydroxyl groups is 4. The Bertz CT molecular complexity index is 930. The normalized spacial score (nSPS) is 30.5. The van der Waals surface area contributed by atoms with Crippen LogP contribution in [0, 0.1) is 0 Å². The van der Waals surface area contributed by atoms with Crippen molar-refractivity contribution in [3.63, 3.8) is 0 Å². The van der Waals surface area contributed by atoms with Gasteiger partial charge >= 0.3 is 6.18 Å². The highest BCUT2D eigenvalue weighted by atomic mass is 19.4. The van der Waals surface area contributed by atoms with Gasteiger partial charge in [0.25, 0.3) is 0 Å². The van der Waals surface area contributed by atoms with Crippen LogP contribution in [0.15, 0.2) is 42.5 Å². The lowest BCUT2D eigenvalue weighted by molar-refractivity contribution is -0.368. The van der Waals surface area contributed by atoms with E-state index in [1.165, 1.54) is 12.1 Å². The predicted molar refractivity (Wildman–Crippen MR) is 102 cm³/mol. The van der Waals surface area contributed by atoms with Gasteiger partial charge in [-0.15, -0.1) is 0 Å². The van der Waals surface area contributed by atoms with Crippen LogP contribution in [0.2, 0.25) is 0 Å². The van der Waals surface area contributed by atoms with Crippen LogP contribution in [0.4, 0.5) is 13.2 Å². The van der Waals surface area contributed by atoms with Gasteiger partial charge in [-0.25, -0.2) is 0 Å². The van der Waals surface area contributed by atoms with Crippen molar-refractivity contribution in [3.8, 4) is 0 Å². The largest absolute Gasteiger partial charge is 0.394 e. The average Bonchev–Trinajstić information content (AvgIpc) is 3.08. The molecule has 2 heterocycles. The molecular formula is C22H23F3O6. The van der Waals surface area contributed by atoms with Crippen molar-refractivity contribution >= 4 is 0 Å². The number of aliphatic hydroxyl groups excluding tert-OH is 4. The minimum absolute atomic E-state index is 0.111. The summed E-state index contributed by atoms with van der Waals surface area (Å²) >= 11 is 0. The van der Waals surface area contributed by atoms with Gasteiger partial charge in [0.2, 0.25) is 5.79 Å². The van der Waals surface area contributed by atoms with Crippen LogP contribution in [0.25, 0.3) is 0 Å². The third-order valence-electron chi connectivity index (χ3n) is 5.78. The van der Waals surface area contributed by atoms with E-state index in [0.29, 0.717) is 12.0 Å². The topological polar surface area (TPSA) is 99.4 Å². The van der Waals surface area contributed by atoms with Crippen molar-refractivity contribution in [2.75, 3.05) is 6.61 Å². The Hall–Kier alpha value is -2.01. The Morgan fingerprint density at radius 1 is 0.935 bits per heavy atom. The second-order valence-corrected chi connectivity index (χ2v) is 8.00. The molecule has 4 rings (SSSR count). The molecule has 0 aliphatic carbocycles. The van der Waals surface area contributed by atoms with Crippen LogP contribution < -0.4 is 0 Å². The van der Waals surface area contributed by atoms with Crippen LogP contribution in [-0.2, 0) is 34.7 Å². The number of ether oxygens (including phenoxy) is 2. The summed E-state index contributed by atoms with van der Waals surface area (Å²) in [6, 6.07) is 11.5. The summed E-state index contributed by atoms with van der Waals surface area (Å²) < 4.78 is 49.1. The van der Waals surface area contributed by atoms with Gasteiger partial charge in [-0.1, -0.05) is 36.4 Å². The van der Waals surface area contributed by atoms with Crippen LogP contribution >= 0.6 is 0 Å². The monoisotopic (exact) mass is 440 g/mol. The Labute approximate surface area is 176 Å². The van der Waals surface area contributed by atoms with Crippen LogP contribution in [-0.4, -0.2) is 57.6 Å². The third kappa shape index (κ3) is 4.21. The van der Waals surface area contributed by atoms with Crippen LogP contribution in [0.5, 0.6) is 0 Å². The maximum Gasteiger partial charge on any atom is 0.393 e. The van der Waals surface area contributed by atoms with Gasteiger partial charge in [-0.05, 0) is 34.7 Å². The highest BCUT2D eigenvalue weighted by Gasteiger charge is 2.58. The zero-order chi connectivity index (χ0) is 22.4. The third-order valence-corrected chi connectivity index (χ3v) is 5.78. The molecule has 31 heavy (non-hydrogen) atoms. The lowest BCUT2D eigenvalue weighted by atomic mass is 9.86. The number of hydrogen-bond acceptors (Lipinski definition) is 6. The van der Waals surface area contributed by atoms with E-state index in [1.54, 1.807) is 24.3 Å². The summed E-state index contributed by atoms with van der Waals surface area (Å²) in [4.78, 5) is 0. The zero-order valence-corrected chi connectivity index (χ0v) is 16.4. The minimum atomic E-state index is -4.26. The summed E-state index contributed by atoms with van der Waals surface area (Å²) in [5.41, 5.74) is 2.98. The first kappa shape index (κ1) is 22.2. The number of fused-ring (bicyclic) bond motifs is 2. The molecule has 0 unspecified atom stereocenters. The molecule has 0 aromatic heterocycles. The molecule has 168 valence electrons. The molecule has 1 saturated heterocycles. The van der Waals surface area contributed by atoms with E-state index in [-0.39, 0.29) is 12.2 Å². The molecule has 9 heteroatoms. The Kier molecular flexibility index (Phi) is 5.84. The highest BCUT2D eigenvalue weighted by molar-refractivity contribution is 5.41. The van der Waals surface area contributed by atoms with Gasteiger partial charge in [0.1, 0.15) is 24.4 Å². The van der Waals surface area contributed by atoms with E-state index in [4.69, 9.17) is 9.47 Å². The van der Waals surface area contributed by atoms with Crippen molar-refractivity contribution in [1.82, 2.24) is 0 Å². The lowest BCUT2D eigenvalue weighted by Crippen LogP contribution is -2.63. The summed E-state index contributed by atoms with van der Waals surface area (Å²) in [6.07, 6.45) is -10.6. The Morgan fingerprint density at radius 3 is 2.23 bits per heavy atom. The quantitative estimate of drug-likeness (QED) is 0.576. The first-order valence-electron chi connectivity index (χ1n) is 9.86. The molecule has 0 amide bonds. The number of hydrogen-bond donors (Lipinski definition) is 4. The van der Waals surface area contributed by atoms with Crippen LogP contribution in [0.1, 0.15) is 27.8 Å². The fraction of sp³-hybridized carbons (Fsp3) is 0.455. The Morgan fingerprint density at radius 2 is 1.58 bits per heavy atom. The summed E-state index contributed by atoms with van der Waals surface area (Å²) in [5, 5.41) is 40.4. The van der Waals surface area contributed by atoms with Gasteiger partial charge in [-0.3, -0.25) is 0 Å². The SMILES string of the molecule is OC[C@H]1O[C@]2(OCc3ccc(Cc4ccc(CC(F)(F)F)cc4)cc32)[C@H](O)[C@@H](O)[C@@H]1O. The molecule has 1 spiro atoms. The van der Waals surface area contributed by atoms with E-state index in [9.17, 15) is 33.6 Å². The van der Waals surface area contributed by atoms with Gasteiger partial charge in [-0.2, -0.15) is 13.2 Å². The number of halogens is 3. The zero-order valence-electron chi connectivity index (χ0n) is 16.4. The lowest BCUT2D eigenvalue weighted by Gasteiger charge is -2.46. The van der Waals surface area contributed by atoms with Crippen molar-refractivity contribution in [1.29, 1.82) is 0 Å². The molecule has 0 radical (unpaired) electrons. The maximum absolute atomic E-state index is 12.5. The van der Waals surface area contributed by atoms with Gasteiger partial charge in [0, 0.05) is 5.56 Å². The summed E-state index contributed by atoms with van der Waals surface area (Å²) in [6.45, 7) is -0.463. The van der Waals surface area contributed by atoms with Crippen molar-refractivity contribution in [2.24, 2.45) is 0 Å². The predicted octanol–water partition coefficient (Wildman–Crippen LogP) is 1.54. The van der Waals surface area contributed by atoms with Crippen molar-refractivity contribution in [3.05, 3.63) is 70.3 Å². The molecule has 2 aromatic carbocycles. The molecule has 2 aromatic rings. The molecule has 1 fully saturated rings. The highest BCUT2D eigenvalue weighted by Crippen LogP contribution is 2.46. The summed E-state index contributed by atoms with van der Waals surface area (Å²) in [5.74, 6) is -1.73. The molecule has 0 saturated carbocycles. The second kappa shape index (κ2) is 8.16. The average molecular weight is 440 g/mol. The van der Waals surface area contributed by atoms with Crippen molar-refractivity contribution in [2.45, 2.75) is 55.8 Å². The van der Waals surface area contributed by atoms with E-state index in [2.05, 4.69) is 0 Å². The number of rotatable bonds is 4. The molecule has 4 N–H and O–H groups in total.